The average molecular weight is 579 g/mol. The molecular weight excluding hydrogens is 532 g/mol. The Morgan fingerprint density at radius 1 is 0.628 bits per heavy atom. The number of esters is 1. The number of unbranched alkanes of at least 4 members (excludes halogenated alkanes) is 11. The van der Waals surface area contributed by atoms with E-state index in [1.165, 1.54) is 76.0 Å². The van der Waals surface area contributed by atoms with E-state index >= 15 is 0 Å². The lowest BCUT2D eigenvalue weighted by molar-refractivity contribution is 0.0733. The number of nitrogens with zero attached hydrogens (tertiary/aromatic N) is 2. The molecule has 0 bridgehead atoms. The summed E-state index contributed by atoms with van der Waals surface area (Å²) in [5.41, 5.74) is 2.77. The maximum absolute atomic E-state index is 12.8. The zero-order valence-corrected chi connectivity index (χ0v) is 25.9. The minimum atomic E-state index is -0.402. The molecule has 4 rings (SSSR count). The Hall–Kier alpha value is -3.99. The smallest absolute Gasteiger partial charge is 0.343 e. The van der Waals surface area contributed by atoms with Crippen LogP contribution in [0.1, 0.15) is 99.9 Å². The van der Waals surface area contributed by atoms with Gasteiger partial charge < -0.3 is 9.47 Å². The number of carbonyl (C=O) groups excluding carboxylic acids is 1. The number of benzene rings is 4. The van der Waals surface area contributed by atoms with Crippen molar-refractivity contribution in [1.82, 2.24) is 0 Å². The first-order valence-corrected chi connectivity index (χ1v) is 16.1. The average Bonchev–Trinajstić information content (AvgIpc) is 3.03. The summed E-state index contributed by atoms with van der Waals surface area (Å²) >= 11 is 0. The van der Waals surface area contributed by atoms with E-state index in [0.717, 1.165) is 28.8 Å². The fourth-order valence-corrected chi connectivity index (χ4v) is 5.14. The van der Waals surface area contributed by atoms with Crippen LogP contribution in [0.15, 0.2) is 95.2 Å². The standard InChI is InChI=1S/C38H46N2O3/c1-3-4-5-6-7-8-9-10-11-12-13-16-27-42-36-24-20-32(21-25-36)38(41)43-37-26-23-34(28-30(37)2)39-40-35-22-19-31-17-14-15-18-33(31)29-35/h14-15,17-26,28-29H,3-13,16,27H2,1-2H3. The van der Waals surface area contributed by atoms with Gasteiger partial charge in [0.15, 0.2) is 0 Å². The van der Waals surface area contributed by atoms with Gasteiger partial charge in [-0.05, 0) is 84.3 Å². The normalized spacial score (nSPS) is 11.3. The van der Waals surface area contributed by atoms with Gasteiger partial charge in [-0.1, -0.05) is 108 Å². The molecule has 0 aliphatic carbocycles. The van der Waals surface area contributed by atoms with E-state index in [0.29, 0.717) is 23.6 Å². The van der Waals surface area contributed by atoms with Gasteiger partial charge in [0.05, 0.1) is 23.5 Å². The molecule has 5 heteroatoms. The number of carbonyl (C=O) groups is 1. The number of fused-ring (bicyclic) bond motifs is 1. The van der Waals surface area contributed by atoms with E-state index in [-0.39, 0.29) is 0 Å². The van der Waals surface area contributed by atoms with E-state index in [1.807, 2.05) is 55.5 Å². The Morgan fingerprint density at radius 3 is 1.86 bits per heavy atom. The van der Waals surface area contributed by atoms with Gasteiger partial charge in [0, 0.05) is 0 Å². The summed E-state index contributed by atoms with van der Waals surface area (Å²) in [7, 11) is 0. The largest absolute Gasteiger partial charge is 0.494 e. The molecule has 4 aromatic carbocycles. The minimum Gasteiger partial charge on any atom is -0.494 e. The van der Waals surface area contributed by atoms with E-state index in [4.69, 9.17) is 9.47 Å². The van der Waals surface area contributed by atoms with Gasteiger partial charge in [0.1, 0.15) is 11.5 Å². The van der Waals surface area contributed by atoms with Crippen molar-refractivity contribution in [3.8, 4) is 11.5 Å². The zero-order chi connectivity index (χ0) is 30.1. The lowest BCUT2D eigenvalue weighted by Crippen LogP contribution is -2.09. The fraction of sp³-hybridized carbons (Fsp3) is 0.395. The van der Waals surface area contributed by atoms with Gasteiger partial charge >= 0.3 is 5.97 Å². The molecule has 0 radical (unpaired) electrons. The third-order valence-corrected chi connectivity index (χ3v) is 7.73. The SMILES string of the molecule is CCCCCCCCCCCCCCOc1ccc(C(=O)Oc2ccc(N=Nc3ccc4ccccc4c3)cc2C)cc1. The highest BCUT2D eigenvalue weighted by Crippen LogP contribution is 2.28. The van der Waals surface area contributed by atoms with Crippen LogP contribution < -0.4 is 9.47 Å². The molecule has 0 aromatic heterocycles. The molecule has 0 saturated heterocycles. The van der Waals surface area contributed by atoms with Crippen molar-refractivity contribution in [1.29, 1.82) is 0 Å². The molecule has 0 heterocycles. The van der Waals surface area contributed by atoms with Crippen molar-refractivity contribution in [2.45, 2.75) is 90.9 Å². The monoisotopic (exact) mass is 578 g/mol. The molecule has 0 aliphatic heterocycles. The quantitative estimate of drug-likeness (QED) is 0.0510. The summed E-state index contributed by atoms with van der Waals surface area (Å²) in [6, 6.07) is 26.7. The summed E-state index contributed by atoms with van der Waals surface area (Å²) in [6.45, 7) is 4.86. The molecule has 226 valence electrons. The molecule has 0 spiro atoms. The number of hydrogen-bond donors (Lipinski definition) is 0. The van der Waals surface area contributed by atoms with Crippen molar-refractivity contribution in [3.63, 3.8) is 0 Å². The Bertz CT molecular complexity index is 1450. The van der Waals surface area contributed by atoms with Crippen molar-refractivity contribution < 1.29 is 14.3 Å². The van der Waals surface area contributed by atoms with Crippen molar-refractivity contribution in [2.75, 3.05) is 6.61 Å². The molecule has 0 aliphatic rings. The molecule has 5 nitrogen and oxygen atoms in total. The second kappa shape index (κ2) is 17.8. The Labute approximate surface area is 257 Å². The van der Waals surface area contributed by atoms with Crippen LogP contribution in [-0.2, 0) is 0 Å². The molecule has 0 atom stereocenters. The molecule has 0 N–H and O–H groups in total. The van der Waals surface area contributed by atoms with Gasteiger partial charge in [-0.3, -0.25) is 0 Å². The highest BCUT2D eigenvalue weighted by molar-refractivity contribution is 5.91. The number of ether oxygens (including phenoxy) is 2. The second-order valence-corrected chi connectivity index (χ2v) is 11.3. The summed E-state index contributed by atoms with van der Waals surface area (Å²) < 4.78 is 11.6. The fourth-order valence-electron chi connectivity index (χ4n) is 5.14. The summed E-state index contributed by atoms with van der Waals surface area (Å²) in [5, 5.41) is 11.0. The Balaban J connectivity index is 1.14. The third-order valence-electron chi connectivity index (χ3n) is 7.73. The molecule has 43 heavy (non-hydrogen) atoms. The molecule has 4 aromatic rings. The Morgan fingerprint density at radius 2 is 1.21 bits per heavy atom. The van der Waals surface area contributed by atoms with E-state index in [9.17, 15) is 4.79 Å². The molecular formula is C38H46N2O3. The maximum Gasteiger partial charge on any atom is 0.343 e. The predicted molar refractivity (Wildman–Crippen MR) is 177 cm³/mol. The van der Waals surface area contributed by atoms with Crippen LogP contribution in [0, 0.1) is 6.92 Å². The number of aryl methyl sites for hydroxylation is 1. The van der Waals surface area contributed by atoms with Crippen LogP contribution >= 0.6 is 0 Å². The van der Waals surface area contributed by atoms with Crippen LogP contribution in [0.3, 0.4) is 0 Å². The highest BCUT2D eigenvalue weighted by atomic mass is 16.5. The third kappa shape index (κ3) is 11.0. The Kier molecular flexibility index (Phi) is 13.3. The number of azo groups is 1. The molecule has 0 amide bonds. The molecule has 0 fully saturated rings. The van der Waals surface area contributed by atoms with Crippen molar-refractivity contribution in [2.24, 2.45) is 10.2 Å². The van der Waals surface area contributed by atoms with E-state index < -0.39 is 5.97 Å². The molecule has 0 unspecified atom stereocenters. The van der Waals surface area contributed by atoms with Gasteiger partial charge in [-0.25, -0.2) is 4.79 Å². The second-order valence-electron chi connectivity index (χ2n) is 11.3. The van der Waals surface area contributed by atoms with Gasteiger partial charge in [-0.2, -0.15) is 10.2 Å². The maximum atomic E-state index is 12.8. The first-order chi connectivity index (χ1) is 21.1. The summed E-state index contributed by atoms with van der Waals surface area (Å²) in [4.78, 5) is 12.8. The summed E-state index contributed by atoms with van der Waals surface area (Å²) in [6.07, 6.45) is 15.9. The molecule has 0 saturated carbocycles. The van der Waals surface area contributed by atoms with E-state index in [2.05, 4.69) is 29.3 Å². The number of hydrogen-bond acceptors (Lipinski definition) is 5. The van der Waals surface area contributed by atoms with Crippen molar-refractivity contribution >= 4 is 28.1 Å². The van der Waals surface area contributed by atoms with E-state index in [1.54, 1.807) is 24.3 Å². The lowest BCUT2D eigenvalue weighted by Gasteiger charge is -2.09. The topological polar surface area (TPSA) is 60.2 Å². The van der Waals surface area contributed by atoms with Gasteiger partial charge in [-0.15, -0.1) is 0 Å². The van der Waals surface area contributed by atoms with Gasteiger partial charge in [0.25, 0.3) is 0 Å². The van der Waals surface area contributed by atoms with Crippen LogP contribution in [0.4, 0.5) is 11.4 Å². The highest BCUT2D eigenvalue weighted by Gasteiger charge is 2.11. The van der Waals surface area contributed by atoms with Crippen LogP contribution in [0.2, 0.25) is 0 Å². The zero-order valence-electron chi connectivity index (χ0n) is 25.9. The minimum absolute atomic E-state index is 0.402. The number of rotatable bonds is 18. The summed E-state index contributed by atoms with van der Waals surface area (Å²) in [5.74, 6) is 0.875. The predicted octanol–water partition coefficient (Wildman–Crippen LogP) is 11.9. The first-order valence-electron chi connectivity index (χ1n) is 16.1. The van der Waals surface area contributed by atoms with Crippen molar-refractivity contribution in [3.05, 3.63) is 96.1 Å². The van der Waals surface area contributed by atoms with Crippen LogP contribution in [0.5, 0.6) is 11.5 Å². The lowest BCUT2D eigenvalue weighted by atomic mass is 10.1. The van der Waals surface area contributed by atoms with Crippen LogP contribution in [-0.4, -0.2) is 12.6 Å². The van der Waals surface area contributed by atoms with Gasteiger partial charge in [0.2, 0.25) is 0 Å². The first kappa shape index (κ1) is 31.9. The van der Waals surface area contributed by atoms with Crippen LogP contribution in [0.25, 0.3) is 10.8 Å².